The maximum atomic E-state index is 13.2. The van der Waals surface area contributed by atoms with Gasteiger partial charge in [0.05, 0.1) is 17.3 Å². The van der Waals surface area contributed by atoms with E-state index in [4.69, 9.17) is 4.74 Å². The van der Waals surface area contributed by atoms with E-state index in [1.54, 1.807) is 25.1 Å². The third-order valence-electron chi connectivity index (χ3n) is 5.44. The van der Waals surface area contributed by atoms with Gasteiger partial charge in [0.1, 0.15) is 10.6 Å². The Balaban J connectivity index is 1.74. The van der Waals surface area contributed by atoms with Gasteiger partial charge in [-0.05, 0) is 57.0 Å². The lowest BCUT2D eigenvalue weighted by molar-refractivity contribution is -0.115. The zero-order valence-corrected chi connectivity index (χ0v) is 20.5. The lowest BCUT2D eigenvalue weighted by Crippen LogP contribution is -2.35. The molecule has 0 saturated carbocycles. The molecule has 0 aliphatic carbocycles. The van der Waals surface area contributed by atoms with E-state index < -0.39 is 25.8 Å². The van der Waals surface area contributed by atoms with E-state index in [1.807, 2.05) is 6.92 Å². The first-order valence-electron chi connectivity index (χ1n) is 11.0. The largest absolute Gasteiger partial charge is 0.492 e. The highest BCUT2D eigenvalue weighted by Gasteiger charge is 2.29. The van der Waals surface area contributed by atoms with Crippen LogP contribution in [0.4, 0.5) is 5.69 Å². The second kappa shape index (κ2) is 10.7. The highest BCUT2D eigenvalue weighted by Crippen LogP contribution is 2.31. The van der Waals surface area contributed by atoms with Crippen molar-refractivity contribution in [2.45, 2.75) is 49.3 Å². The Labute approximate surface area is 195 Å². The molecule has 2 aromatic carbocycles. The Morgan fingerprint density at radius 1 is 1.00 bits per heavy atom. The topological polar surface area (TPSA) is 110 Å². The number of ether oxygens (including phenoxy) is 1. The van der Waals surface area contributed by atoms with Gasteiger partial charge in [-0.2, -0.15) is 4.31 Å². The zero-order chi connectivity index (χ0) is 24.1. The summed E-state index contributed by atoms with van der Waals surface area (Å²) in [5.41, 5.74) is 1.21. The van der Waals surface area contributed by atoms with Crippen LogP contribution in [0.3, 0.4) is 0 Å². The smallest absolute Gasteiger partial charge is 0.246 e. The summed E-state index contributed by atoms with van der Waals surface area (Å²) in [5.74, 6) is -0.642. The minimum absolute atomic E-state index is 0.00340. The molecule has 0 spiro atoms. The fraction of sp³-hybridized carbons (Fsp3) is 0.435. The number of aryl methyl sites for hydroxylation is 1. The standard InChI is InChI=1S/C23H30N2O6S2/c1-3-31-21-12-9-19(17-22(21)33(29,30)25-14-5-4-6-15-25)24-23(26)13-16-32(27,28)20-10-7-18(2)8-11-20/h7-12,17H,3-6,13-16H2,1-2H3,(H,24,26). The van der Waals surface area contributed by atoms with Crippen LogP contribution in [0.15, 0.2) is 52.3 Å². The Hall–Kier alpha value is -2.43. The zero-order valence-electron chi connectivity index (χ0n) is 18.9. The molecule has 10 heteroatoms. The third-order valence-corrected chi connectivity index (χ3v) is 9.09. The number of amides is 1. The quantitative estimate of drug-likeness (QED) is 0.572. The molecule has 180 valence electrons. The van der Waals surface area contributed by atoms with Crippen LogP contribution in [-0.4, -0.2) is 52.5 Å². The van der Waals surface area contributed by atoms with Crippen LogP contribution >= 0.6 is 0 Å². The van der Waals surface area contributed by atoms with Gasteiger partial charge < -0.3 is 10.1 Å². The first-order valence-corrected chi connectivity index (χ1v) is 14.1. The first kappa shape index (κ1) is 25.2. The summed E-state index contributed by atoms with van der Waals surface area (Å²) in [7, 11) is -7.39. The SMILES string of the molecule is CCOc1ccc(NC(=O)CCS(=O)(=O)c2ccc(C)cc2)cc1S(=O)(=O)N1CCCCC1. The van der Waals surface area contributed by atoms with Crippen LogP contribution in [0.25, 0.3) is 0 Å². The number of rotatable bonds is 9. The molecular weight excluding hydrogens is 464 g/mol. The third kappa shape index (κ3) is 6.33. The van der Waals surface area contributed by atoms with E-state index in [0.29, 0.717) is 19.7 Å². The van der Waals surface area contributed by atoms with Crippen molar-refractivity contribution in [3.63, 3.8) is 0 Å². The van der Waals surface area contributed by atoms with Crippen molar-refractivity contribution in [2.75, 3.05) is 30.8 Å². The Kier molecular flexibility index (Phi) is 8.14. The van der Waals surface area contributed by atoms with E-state index in [-0.39, 0.29) is 33.4 Å². The van der Waals surface area contributed by atoms with Gasteiger partial charge >= 0.3 is 0 Å². The Bertz CT molecular complexity index is 1190. The van der Waals surface area contributed by atoms with E-state index in [0.717, 1.165) is 24.8 Å². The highest BCUT2D eigenvalue weighted by molar-refractivity contribution is 7.91. The molecule has 2 aromatic rings. The molecule has 0 unspecified atom stereocenters. The molecule has 1 fully saturated rings. The molecule has 8 nitrogen and oxygen atoms in total. The van der Waals surface area contributed by atoms with Crippen molar-refractivity contribution in [3.8, 4) is 5.75 Å². The monoisotopic (exact) mass is 494 g/mol. The molecular formula is C23H30N2O6S2. The van der Waals surface area contributed by atoms with E-state index >= 15 is 0 Å². The van der Waals surface area contributed by atoms with Crippen LogP contribution in [0, 0.1) is 6.92 Å². The maximum absolute atomic E-state index is 13.2. The molecule has 1 aliphatic heterocycles. The van der Waals surface area contributed by atoms with Gasteiger partial charge in [-0.25, -0.2) is 16.8 Å². The molecule has 1 N–H and O–H groups in total. The number of sulfonamides is 1. The summed E-state index contributed by atoms with van der Waals surface area (Å²) in [5, 5.41) is 2.62. The van der Waals surface area contributed by atoms with E-state index in [1.165, 1.54) is 28.6 Å². The van der Waals surface area contributed by atoms with Crippen molar-refractivity contribution < 1.29 is 26.4 Å². The number of sulfone groups is 1. The van der Waals surface area contributed by atoms with Crippen LogP contribution < -0.4 is 10.1 Å². The molecule has 1 saturated heterocycles. The molecule has 1 heterocycles. The number of anilines is 1. The van der Waals surface area contributed by atoms with Crippen molar-refractivity contribution in [1.29, 1.82) is 0 Å². The van der Waals surface area contributed by atoms with Gasteiger partial charge in [0.15, 0.2) is 9.84 Å². The molecule has 0 aromatic heterocycles. The summed E-state index contributed by atoms with van der Waals surface area (Å²) in [6.45, 7) is 4.82. The Morgan fingerprint density at radius 3 is 2.30 bits per heavy atom. The number of carbonyl (C=O) groups is 1. The van der Waals surface area contributed by atoms with Crippen LogP contribution in [0.5, 0.6) is 5.75 Å². The average molecular weight is 495 g/mol. The predicted molar refractivity (Wildman–Crippen MR) is 127 cm³/mol. The lowest BCUT2D eigenvalue weighted by atomic mass is 10.2. The normalized spacial score (nSPS) is 15.2. The number of hydrogen-bond acceptors (Lipinski definition) is 6. The first-order chi connectivity index (χ1) is 15.6. The van der Waals surface area contributed by atoms with Gasteiger partial charge in [-0.1, -0.05) is 24.1 Å². The molecule has 33 heavy (non-hydrogen) atoms. The van der Waals surface area contributed by atoms with Gasteiger partial charge in [-0.15, -0.1) is 0 Å². The summed E-state index contributed by atoms with van der Waals surface area (Å²) in [6, 6.07) is 10.9. The number of hydrogen-bond donors (Lipinski definition) is 1. The van der Waals surface area contributed by atoms with Crippen LogP contribution in [-0.2, 0) is 24.7 Å². The van der Waals surface area contributed by atoms with E-state index in [9.17, 15) is 21.6 Å². The number of piperidine rings is 1. The minimum atomic E-state index is -3.79. The van der Waals surface area contributed by atoms with Gasteiger partial charge in [0.2, 0.25) is 15.9 Å². The van der Waals surface area contributed by atoms with Gasteiger partial charge in [0, 0.05) is 25.2 Å². The molecule has 0 atom stereocenters. The summed E-state index contributed by atoms with van der Waals surface area (Å²) in [6.07, 6.45) is 2.34. The summed E-state index contributed by atoms with van der Waals surface area (Å²) >= 11 is 0. The predicted octanol–water partition coefficient (Wildman–Crippen LogP) is 3.37. The summed E-state index contributed by atoms with van der Waals surface area (Å²) in [4.78, 5) is 12.6. The second-order valence-electron chi connectivity index (χ2n) is 7.99. The van der Waals surface area contributed by atoms with Crippen molar-refractivity contribution in [1.82, 2.24) is 4.31 Å². The average Bonchev–Trinajstić information content (AvgIpc) is 2.80. The minimum Gasteiger partial charge on any atom is -0.492 e. The number of nitrogens with one attached hydrogen (secondary N) is 1. The van der Waals surface area contributed by atoms with E-state index in [2.05, 4.69) is 5.32 Å². The molecule has 1 aliphatic rings. The van der Waals surface area contributed by atoms with Crippen molar-refractivity contribution >= 4 is 31.5 Å². The Morgan fingerprint density at radius 2 is 1.67 bits per heavy atom. The summed E-state index contributed by atoms with van der Waals surface area (Å²) < 4.78 is 58.4. The van der Waals surface area contributed by atoms with Crippen molar-refractivity contribution in [2.24, 2.45) is 0 Å². The fourth-order valence-corrected chi connectivity index (χ4v) is 6.54. The highest BCUT2D eigenvalue weighted by atomic mass is 32.2. The van der Waals surface area contributed by atoms with Crippen LogP contribution in [0.2, 0.25) is 0 Å². The second-order valence-corrected chi connectivity index (χ2v) is 12.0. The molecule has 3 rings (SSSR count). The number of nitrogens with zero attached hydrogens (tertiary/aromatic N) is 1. The number of benzene rings is 2. The maximum Gasteiger partial charge on any atom is 0.246 e. The molecule has 0 bridgehead atoms. The molecule has 1 amide bonds. The van der Waals surface area contributed by atoms with Crippen LogP contribution in [0.1, 0.15) is 38.2 Å². The fourth-order valence-electron chi connectivity index (χ4n) is 3.62. The molecule has 0 radical (unpaired) electrons. The van der Waals surface area contributed by atoms with Gasteiger partial charge in [0.25, 0.3) is 0 Å². The lowest BCUT2D eigenvalue weighted by Gasteiger charge is -2.27. The number of carbonyl (C=O) groups excluding carboxylic acids is 1. The van der Waals surface area contributed by atoms with Crippen molar-refractivity contribution in [3.05, 3.63) is 48.0 Å². The van der Waals surface area contributed by atoms with Gasteiger partial charge in [-0.3, -0.25) is 4.79 Å².